The van der Waals surface area contributed by atoms with Crippen molar-refractivity contribution in [3.63, 3.8) is 0 Å². The number of likely N-dealkylation sites (tertiary alicyclic amines) is 1. The summed E-state index contributed by atoms with van der Waals surface area (Å²) in [7, 11) is 1.69. The molecule has 1 amide bonds. The van der Waals surface area contributed by atoms with Crippen molar-refractivity contribution in [2.75, 3.05) is 61.5 Å². The molecule has 5 rings (SSSR count). The van der Waals surface area contributed by atoms with Crippen LogP contribution < -0.4 is 19.9 Å². The van der Waals surface area contributed by atoms with Gasteiger partial charge in [-0.3, -0.25) is 4.79 Å². The van der Waals surface area contributed by atoms with E-state index in [2.05, 4.69) is 73.1 Å². The van der Waals surface area contributed by atoms with Crippen LogP contribution in [-0.4, -0.2) is 62.2 Å². The molecule has 0 radical (unpaired) electrons. The Labute approximate surface area is 232 Å². The second-order valence-corrected chi connectivity index (χ2v) is 11.7. The van der Waals surface area contributed by atoms with Gasteiger partial charge in [0.15, 0.2) is 0 Å². The first-order valence-electron chi connectivity index (χ1n) is 14.0. The monoisotopic (exact) mass is 527 g/mol. The SMILES string of the molecule is COc1ccc(N2CCN(c3cc(C(=O)N4CCCC4)cc(Nc4cc(C(C)(C)C)ccc4C)n3)CC2)cc1. The summed E-state index contributed by atoms with van der Waals surface area (Å²) in [6.07, 6.45) is 2.14. The average molecular weight is 528 g/mol. The summed E-state index contributed by atoms with van der Waals surface area (Å²) < 4.78 is 5.31. The first kappa shape index (κ1) is 26.9. The van der Waals surface area contributed by atoms with E-state index in [4.69, 9.17) is 9.72 Å². The molecule has 0 unspecified atom stereocenters. The number of carbonyl (C=O) groups is 1. The van der Waals surface area contributed by atoms with Crippen LogP contribution in [0.3, 0.4) is 0 Å². The fourth-order valence-corrected chi connectivity index (χ4v) is 5.32. The summed E-state index contributed by atoms with van der Waals surface area (Å²) >= 11 is 0. The molecule has 2 aliphatic heterocycles. The summed E-state index contributed by atoms with van der Waals surface area (Å²) in [6.45, 7) is 13.8. The van der Waals surface area contributed by atoms with Crippen molar-refractivity contribution in [3.8, 4) is 5.75 Å². The van der Waals surface area contributed by atoms with Crippen LogP contribution in [0, 0.1) is 6.92 Å². The van der Waals surface area contributed by atoms with Crippen LogP contribution in [-0.2, 0) is 5.41 Å². The molecule has 0 atom stereocenters. The fourth-order valence-electron chi connectivity index (χ4n) is 5.32. The molecule has 2 aromatic carbocycles. The molecule has 39 heavy (non-hydrogen) atoms. The van der Waals surface area contributed by atoms with E-state index < -0.39 is 0 Å². The van der Waals surface area contributed by atoms with E-state index in [0.29, 0.717) is 11.4 Å². The van der Waals surface area contributed by atoms with Crippen LogP contribution in [0.5, 0.6) is 5.75 Å². The number of piperazine rings is 1. The Hall–Kier alpha value is -3.74. The zero-order valence-electron chi connectivity index (χ0n) is 24.0. The van der Waals surface area contributed by atoms with Crippen molar-refractivity contribution >= 4 is 28.9 Å². The molecule has 7 nitrogen and oxygen atoms in total. The first-order valence-corrected chi connectivity index (χ1v) is 14.0. The van der Waals surface area contributed by atoms with Gasteiger partial charge < -0.3 is 24.8 Å². The van der Waals surface area contributed by atoms with Crippen molar-refractivity contribution in [1.29, 1.82) is 0 Å². The van der Waals surface area contributed by atoms with E-state index in [9.17, 15) is 4.79 Å². The lowest BCUT2D eigenvalue weighted by atomic mass is 9.86. The topological polar surface area (TPSA) is 60.9 Å². The third-order valence-electron chi connectivity index (χ3n) is 7.86. The van der Waals surface area contributed by atoms with Gasteiger partial charge in [-0.05, 0) is 78.8 Å². The number of hydrogen-bond donors (Lipinski definition) is 1. The van der Waals surface area contributed by atoms with Crippen molar-refractivity contribution < 1.29 is 9.53 Å². The predicted octanol–water partition coefficient (Wildman–Crippen LogP) is 6.00. The minimum absolute atomic E-state index is 0.0415. The molecule has 7 heteroatoms. The zero-order chi connectivity index (χ0) is 27.6. The molecule has 0 bridgehead atoms. The number of nitrogens with zero attached hydrogens (tertiary/aromatic N) is 4. The van der Waals surface area contributed by atoms with Crippen LogP contribution in [0.1, 0.15) is 55.1 Å². The lowest BCUT2D eigenvalue weighted by molar-refractivity contribution is 0.0793. The van der Waals surface area contributed by atoms with Crippen molar-refractivity contribution in [1.82, 2.24) is 9.88 Å². The lowest BCUT2D eigenvalue weighted by Gasteiger charge is -2.37. The molecule has 0 spiro atoms. The minimum Gasteiger partial charge on any atom is -0.497 e. The van der Waals surface area contributed by atoms with E-state index in [1.165, 1.54) is 11.3 Å². The quantitative estimate of drug-likeness (QED) is 0.424. The van der Waals surface area contributed by atoms with Gasteiger partial charge in [0.1, 0.15) is 17.4 Å². The van der Waals surface area contributed by atoms with Gasteiger partial charge in [0, 0.05) is 56.2 Å². The highest BCUT2D eigenvalue weighted by Crippen LogP contribution is 2.30. The molecule has 1 aromatic heterocycles. The molecule has 2 aliphatic rings. The largest absolute Gasteiger partial charge is 0.497 e. The maximum Gasteiger partial charge on any atom is 0.254 e. The summed E-state index contributed by atoms with van der Waals surface area (Å²) in [5.74, 6) is 2.52. The second kappa shape index (κ2) is 11.2. The van der Waals surface area contributed by atoms with Crippen molar-refractivity contribution in [3.05, 3.63) is 71.3 Å². The number of rotatable bonds is 6. The number of anilines is 4. The molecular formula is C32H41N5O2. The molecule has 0 saturated carbocycles. The Bertz CT molecular complexity index is 1300. The van der Waals surface area contributed by atoms with E-state index >= 15 is 0 Å². The van der Waals surface area contributed by atoms with Crippen LogP contribution >= 0.6 is 0 Å². The number of aromatic nitrogens is 1. The number of amides is 1. The van der Waals surface area contributed by atoms with Crippen molar-refractivity contribution in [2.24, 2.45) is 0 Å². The summed E-state index contributed by atoms with van der Waals surface area (Å²) in [4.78, 5) is 25.1. The van der Waals surface area contributed by atoms with E-state index in [1.807, 2.05) is 29.2 Å². The minimum atomic E-state index is 0.0415. The highest BCUT2D eigenvalue weighted by molar-refractivity contribution is 5.96. The van der Waals surface area contributed by atoms with Crippen LogP contribution in [0.2, 0.25) is 0 Å². The molecular weight excluding hydrogens is 486 g/mol. The highest BCUT2D eigenvalue weighted by atomic mass is 16.5. The molecule has 3 heterocycles. The number of hydrogen-bond acceptors (Lipinski definition) is 6. The van der Waals surface area contributed by atoms with Gasteiger partial charge in [0.25, 0.3) is 5.91 Å². The number of methoxy groups -OCH3 is 1. The number of nitrogens with one attached hydrogen (secondary N) is 1. The van der Waals surface area contributed by atoms with Gasteiger partial charge in [-0.1, -0.05) is 32.9 Å². The number of pyridine rings is 1. The van der Waals surface area contributed by atoms with E-state index in [0.717, 1.165) is 74.9 Å². The Kier molecular flexibility index (Phi) is 7.69. The maximum absolute atomic E-state index is 13.5. The fraction of sp³-hybridized carbons (Fsp3) is 0.438. The number of benzene rings is 2. The normalized spacial score (nSPS) is 16.0. The summed E-state index contributed by atoms with van der Waals surface area (Å²) in [6, 6.07) is 18.7. The Morgan fingerprint density at radius 1 is 0.872 bits per heavy atom. The Morgan fingerprint density at radius 2 is 1.54 bits per heavy atom. The maximum atomic E-state index is 13.5. The van der Waals surface area contributed by atoms with Gasteiger partial charge in [0.2, 0.25) is 0 Å². The van der Waals surface area contributed by atoms with Crippen LogP contribution in [0.15, 0.2) is 54.6 Å². The molecule has 1 N–H and O–H groups in total. The van der Waals surface area contributed by atoms with Gasteiger partial charge in [-0.25, -0.2) is 4.98 Å². The zero-order valence-corrected chi connectivity index (χ0v) is 24.0. The van der Waals surface area contributed by atoms with Crippen molar-refractivity contribution in [2.45, 2.75) is 46.0 Å². The third-order valence-corrected chi connectivity index (χ3v) is 7.86. The predicted molar refractivity (Wildman–Crippen MR) is 160 cm³/mol. The Balaban J connectivity index is 1.40. The van der Waals surface area contributed by atoms with Gasteiger partial charge in [0.05, 0.1) is 7.11 Å². The summed E-state index contributed by atoms with van der Waals surface area (Å²) in [5, 5.41) is 3.56. The lowest BCUT2D eigenvalue weighted by Crippen LogP contribution is -2.47. The molecule has 206 valence electrons. The first-order chi connectivity index (χ1) is 18.7. The average Bonchev–Trinajstić information content (AvgIpc) is 3.48. The van der Waals surface area contributed by atoms with Gasteiger partial charge in [-0.15, -0.1) is 0 Å². The van der Waals surface area contributed by atoms with E-state index in [-0.39, 0.29) is 11.3 Å². The molecule has 2 fully saturated rings. The molecule has 3 aromatic rings. The summed E-state index contributed by atoms with van der Waals surface area (Å²) in [5.41, 5.74) is 5.37. The number of carbonyl (C=O) groups excluding carboxylic acids is 1. The second-order valence-electron chi connectivity index (χ2n) is 11.7. The number of aryl methyl sites for hydroxylation is 1. The third kappa shape index (κ3) is 6.13. The van der Waals surface area contributed by atoms with Crippen LogP contribution in [0.4, 0.5) is 23.0 Å². The molecule has 0 aliphatic carbocycles. The standard InChI is InChI=1S/C32H41N5O2/c1-23-8-9-25(32(2,3)4)22-28(23)33-29-20-24(31(38)37-14-6-7-15-37)21-30(34-29)36-18-16-35(17-19-36)26-10-12-27(39-5)13-11-26/h8-13,20-22H,6-7,14-19H2,1-5H3,(H,33,34). The van der Waals surface area contributed by atoms with E-state index in [1.54, 1.807) is 7.11 Å². The Morgan fingerprint density at radius 3 is 2.18 bits per heavy atom. The van der Waals surface area contributed by atoms with Gasteiger partial charge >= 0.3 is 0 Å². The smallest absolute Gasteiger partial charge is 0.254 e. The van der Waals surface area contributed by atoms with Gasteiger partial charge in [-0.2, -0.15) is 0 Å². The molecule has 2 saturated heterocycles. The number of ether oxygens (including phenoxy) is 1. The highest BCUT2D eigenvalue weighted by Gasteiger charge is 2.24. The van der Waals surface area contributed by atoms with Crippen LogP contribution in [0.25, 0.3) is 0 Å².